The van der Waals surface area contributed by atoms with Crippen LogP contribution in [0.2, 0.25) is 0 Å². The van der Waals surface area contributed by atoms with Crippen molar-refractivity contribution < 1.29 is 13.2 Å². The Balaban J connectivity index is 2.23. The summed E-state index contributed by atoms with van der Waals surface area (Å²) in [6.07, 6.45) is -1.87. The van der Waals surface area contributed by atoms with Crippen LogP contribution in [0.1, 0.15) is 12.1 Å². The third-order valence-electron chi connectivity index (χ3n) is 3.45. The van der Waals surface area contributed by atoms with Gasteiger partial charge in [0, 0.05) is 17.5 Å². The van der Waals surface area contributed by atoms with E-state index < -0.39 is 11.9 Å². The molecule has 0 bridgehead atoms. The second-order valence-corrected chi connectivity index (χ2v) is 6.72. The predicted molar refractivity (Wildman–Crippen MR) is 100 cm³/mol. The maximum Gasteiger partial charge on any atom is 0.433 e. The molecule has 0 unspecified atom stereocenters. The zero-order chi connectivity index (χ0) is 19.2. The molecule has 26 heavy (non-hydrogen) atoms. The maximum absolute atomic E-state index is 13.2. The monoisotopic (exact) mass is 385 g/mol. The summed E-state index contributed by atoms with van der Waals surface area (Å²) in [5.74, 6) is 0.0617. The molecule has 0 radical (unpaired) electrons. The Hall–Kier alpha value is -2.00. The molecular weight excluding hydrogens is 363 g/mol. The maximum atomic E-state index is 13.2. The number of nitrogens with zero attached hydrogens (tertiary/aromatic N) is 3. The molecule has 0 atom stereocenters. The molecule has 2 rings (SSSR count). The Bertz CT molecular complexity index is 722. The summed E-state index contributed by atoms with van der Waals surface area (Å²) < 4.78 is 39.5. The van der Waals surface area contributed by atoms with Gasteiger partial charge in [-0.3, -0.25) is 0 Å². The molecule has 1 aromatic heterocycles. The zero-order valence-electron chi connectivity index (χ0n) is 14.9. The molecule has 0 aliphatic carbocycles. The van der Waals surface area contributed by atoms with Crippen molar-refractivity contribution in [3.63, 3.8) is 0 Å². The number of alkyl halides is 3. The quantitative estimate of drug-likeness (QED) is 0.521. The van der Waals surface area contributed by atoms with Gasteiger partial charge in [0.15, 0.2) is 5.69 Å². The molecule has 0 fully saturated rings. The van der Waals surface area contributed by atoms with Gasteiger partial charge in [0.25, 0.3) is 0 Å². The lowest BCUT2D eigenvalue weighted by Crippen LogP contribution is -2.18. The van der Waals surface area contributed by atoms with Crippen molar-refractivity contribution in [2.45, 2.75) is 17.5 Å². The van der Waals surface area contributed by atoms with Crippen molar-refractivity contribution in [1.82, 2.24) is 14.9 Å². The minimum Gasteiger partial charge on any atom is -0.354 e. The smallest absolute Gasteiger partial charge is 0.354 e. The van der Waals surface area contributed by atoms with Crippen LogP contribution < -0.4 is 10.6 Å². The van der Waals surface area contributed by atoms with Crippen LogP contribution in [-0.2, 0) is 6.18 Å². The average Bonchev–Trinajstić information content (AvgIpc) is 2.58. The SMILES string of the molecule is CSc1ccccc1Nc1cc(C(F)(F)F)nc(NCCCN(C)C)n1. The fraction of sp³-hybridized carbons (Fsp3) is 0.412. The Kier molecular flexibility index (Phi) is 7.10. The standard InChI is InChI=1S/C17H22F3N5S/c1-25(2)10-6-9-21-16-23-14(17(18,19)20)11-15(24-16)22-12-7-4-5-8-13(12)26-3/h4-5,7-8,11H,6,9-10H2,1-3H3,(H2,21,22,23,24). The van der Waals surface area contributed by atoms with E-state index in [1.807, 2.05) is 43.5 Å². The fourth-order valence-corrected chi connectivity index (χ4v) is 2.77. The Morgan fingerprint density at radius 3 is 2.54 bits per heavy atom. The van der Waals surface area contributed by atoms with E-state index in [-0.39, 0.29) is 11.8 Å². The number of thioether (sulfide) groups is 1. The number of nitrogens with one attached hydrogen (secondary N) is 2. The minimum absolute atomic E-state index is 0.0392. The molecule has 2 N–H and O–H groups in total. The van der Waals surface area contributed by atoms with Crippen molar-refractivity contribution >= 4 is 29.2 Å². The second-order valence-electron chi connectivity index (χ2n) is 5.87. The highest BCUT2D eigenvalue weighted by Gasteiger charge is 2.33. The molecular formula is C17H22F3N5S. The molecule has 0 aliphatic rings. The van der Waals surface area contributed by atoms with Crippen LogP contribution in [0.5, 0.6) is 0 Å². The largest absolute Gasteiger partial charge is 0.433 e. The van der Waals surface area contributed by atoms with Gasteiger partial charge in [0.2, 0.25) is 5.95 Å². The normalized spacial score (nSPS) is 11.7. The van der Waals surface area contributed by atoms with E-state index in [0.29, 0.717) is 12.2 Å². The first-order valence-electron chi connectivity index (χ1n) is 8.04. The summed E-state index contributed by atoms with van der Waals surface area (Å²) in [6, 6.07) is 8.29. The molecule has 2 aromatic rings. The molecule has 5 nitrogen and oxygen atoms in total. The van der Waals surface area contributed by atoms with Crippen molar-refractivity contribution in [3.8, 4) is 0 Å². The fourth-order valence-electron chi connectivity index (χ4n) is 2.22. The number of halogens is 3. The van der Waals surface area contributed by atoms with Gasteiger partial charge in [-0.05, 0) is 45.4 Å². The topological polar surface area (TPSA) is 53.1 Å². The number of benzene rings is 1. The lowest BCUT2D eigenvalue weighted by Gasteiger charge is -2.14. The third kappa shape index (κ3) is 6.06. The van der Waals surface area contributed by atoms with Crippen LogP contribution in [0.15, 0.2) is 35.2 Å². The van der Waals surface area contributed by atoms with Crippen molar-refractivity contribution in [2.75, 3.05) is 44.1 Å². The van der Waals surface area contributed by atoms with E-state index in [2.05, 4.69) is 20.6 Å². The molecule has 1 aromatic carbocycles. The van der Waals surface area contributed by atoms with Crippen molar-refractivity contribution in [3.05, 3.63) is 36.0 Å². The first kappa shape index (κ1) is 20.3. The van der Waals surface area contributed by atoms with Crippen LogP contribution >= 0.6 is 11.8 Å². The van der Waals surface area contributed by atoms with E-state index >= 15 is 0 Å². The lowest BCUT2D eigenvalue weighted by atomic mass is 10.3. The van der Waals surface area contributed by atoms with E-state index in [0.717, 1.165) is 23.9 Å². The summed E-state index contributed by atoms with van der Waals surface area (Å²) in [5, 5.41) is 5.84. The van der Waals surface area contributed by atoms with E-state index in [1.54, 1.807) is 6.07 Å². The highest BCUT2D eigenvalue weighted by Crippen LogP contribution is 2.32. The van der Waals surface area contributed by atoms with Gasteiger partial charge in [-0.1, -0.05) is 12.1 Å². The van der Waals surface area contributed by atoms with Crippen LogP contribution in [0.25, 0.3) is 0 Å². The summed E-state index contributed by atoms with van der Waals surface area (Å²) in [7, 11) is 3.87. The Morgan fingerprint density at radius 1 is 1.15 bits per heavy atom. The summed E-state index contributed by atoms with van der Waals surface area (Å²) in [4.78, 5) is 10.7. The number of rotatable bonds is 8. The molecule has 0 amide bonds. The van der Waals surface area contributed by atoms with Crippen LogP contribution in [-0.4, -0.2) is 48.3 Å². The van der Waals surface area contributed by atoms with E-state index in [4.69, 9.17) is 0 Å². The van der Waals surface area contributed by atoms with Gasteiger partial charge in [0.05, 0.1) is 5.69 Å². The summed E-state index contributed by atoms with van der Waals surface area (Å²) in [5.41, 5.74) is -0.280. The predicted octanol–water partition coefficient (Wildman–Crippen LogP) is 4.32. The first-order valence-corrected chi connectivity index (χ1v) is 9.27. The highest BCUT2D eigenvalue weighted by molar-refractivity contribution is 7.98. The van der Waals surface area contributed by atoms with Gasteiger partial charge < -0.3 is 15.5 Å². The molecule has 0 aliphatic heterocycles. The molecule has 0 saturated carbocycles. The van der Waals surface area contributed by atoms with Gasteiger partial charge in [0.1, 0.15) is 5.82 Å². The van der Waals surface area contributed by atoms with Gasteiger partial charge in [-0.2, -0.15) is 18.2 Å². The Labute approximate surface area is 155 Å². The minimum atomic E-state index is -4.54. The molecule has 0 saturated heterocycles. The molecule has 0 spiro atoms. The van der Waals surface area contributed by atoms with E-state index in [9.17, 15) is 13.2 Å². The number of aromatic nitrogens is 2. The third-order valence-corrected chi connectivity index (χ3v) is 4.25. The Morgan fingerprint density at radius 2 is 1.88 bits per heavy atom. The first-order chi connectivity index (χ1) is 12.3. The van der Waals surface area contributed by atoms with Crippen LogP contribution in [0, 0.1) is 0 Å². The summed E-state index contributed by atoms with van der Waals surface area (Å²) >= 11 is 1.50. The number of para-hydroxylation sites is 1. The lowest BCUT2D eigenvalue weighted by molar-refractivity contribution is -0.141. The number of hydrogen-bond acceptors (Lipinski definition) is 6. The summed E-state index contributed by atoms with van der Waals surface area (Å²) in [6.45, 7) is 1.30. The van der Waals surface area contributed by atoms with E-state index in [1.165, 1.54) is 11.8 Å². The van der Waals surface area contributed by atoms with Crippen LogP contribution in [0.4, 0.5) is 30.6 Å². The molecule has 142 valence electrons. The molecule has 9 heteroatoms. The molecule has 1 heterocycles. The zero-order valence-corrected chi connectivity index (χ0v) is 15.7. The number of anilines is 3. The van der Waals surface area contributed by atoms with Gasteiger partial charge in [-0.15, -0.1) is 11.8 Å². The van der Waals surface area contributed by atoms with Crippen LogP contribution in [0.3, 0.4) is 0 Å². The average molecular weight is 385 g/mol. The highest BCUT2D eigenvalue weighted by atomic mass is 32.2. The number of hydrogen-bond donors (Lipinski definition) is 2. The second kappa shape index (κ2) is 9.09. The van der Waals surface area contributed by atoms with Crippen molar-refractivity contribution in [1.29, 1.82) is 0 Å². The van der Waals surface area contributed by atoms with Gasteiger partial charge >= 0.3 is 6.18 Å². The van der Waals surface area contributed by atoms with Gasteiger partial charge in [-0.25, -0.2) is 4.98 Å². The van der Waals surface area contributed by atoms with Crippen molar-refractivity contribution in [2.24, 2.45) is 0 Å².